The fourth-order valence-corrected chi connectivity index (χ4v) is 8.72. The number of hydrogen-bond acceptors (Lipinski definition) is 3. The molecule has 4 heteroatoms. The van der Waals surface area contributed by atoms with Gasteiger partial charge in [-0.3, -0.25) is 0 Å². The topological polar surface area (TPSA) is 38.9 Å². The van der Waals surface area contributed by atoms with Gasteiger partial charge in [-0.15, -0.1) is 47.5 Å². The number of fused-ring (bicyclic) bond motifs is 5. The van der Waals surface area contributed by atoms with Crippen molar-refractivity contribution in [1.82, 2.24) is 9.97 Å². The van der Waals surface area contributed by atoms with Crippen LogP contribution in [0.5, 0.6) is 0 Å². The molecule has 3 nitrogen and oxygen atoms in total. The van der Waals surface area contributed by atoms with Crippen molar-refractivity contribution in [3.8, 4) is 33.6 Å². The van der Waals surface area contributed by atoms with Crippen LogP contribution in [0.25, 0.3) is 66.4 Å². The molecule has 283 valence electrons. The number of benzene rings is 5. The average Bonchev–Trinajstić information content (AvgIpc) is 3.69. The quantitative estimate of drug-likeness (QED) is 0.165. The molecular weight excluding hydrogens is 861 g/mol. The fraction of sp³-hybridized carbons (Fsp3) is 0.269. The molecule has 3 aromatic heterocycles. The monoisotopic (exact) mass is 919 g/mol. The summed E-state index contributed by atoms with van der Waals surface area (Å²) in [6.07, 6.45) is 14.0. The summed E-state index contributed by atoms with van der Waals surface area (Å²) in [6.45, 7) is -7.65. The van der Waals surface area contributed by atoms with Crippen molar-refractivity contribution >= 4 is 32.7 Å². The van der Waals surface area contributed by atoms with Crippen molar-refractivity contribution in [2.45, 2.75) is 84.2 Å². The summed E-state index contributed by atoms with van der Waals surface area (Å²) in [5, 5.41) is 4.50. The number of furan rings is 1. The van der Waals surface area contributed by atoms with Gasteiger partial charge in [0.1, 0.15) is 5.58 Å². The molecule has 5 aromatic carbocycles. The van der Waals surface area contributed by atoms with Crippen LogP contribution in [0.4, 0.5) is 0 Å². The third-order valence-electron chi connectivity index (χ3n) is 11.8. The normalized spacial score (nSPS) is 19.3. The van der Waals surface area contributed by atoms with Crippen LogP contribution in [-0.4, -0.2) is 9.97 Å². The first-order chi connectivity index (χ1) is 30.9. The van der Waals surface area contributed by atoms with Gasteiger partial charge in [0.05, 0.1) is 5.58 Å². The molecule has 56 heavy (non-hydrogen) atoms. The first-order valence-corrected chi connectivity index (χ1v) is 19.3. The van der Waals surface area contributed by atoms with E-state index in [9.17, 15) is 1.37 Å². The Morgan fingerprint density at radius 1 is 0.696 bits per heavy atom. The Hall–Kier alpha value is -4.89. The van der Waals surface area contributed by atoms with Gasteiger partial charge in [0.25, 0.3) is 0 Å². The Morgan fingerprint density at radius 3 is 2.30 bits per heavy atom. The molecule has 1 radical (unpaired) electrons. The summed E-state index contributed by atoms with van der Waals surface area (Å²) >= 11 is 0. The molecule has 0 saturated heterocycles. The van der Waals surface area contributed by atoms with Crippen LogP contribution in [0.1, 0.15) is 99.6 Å². The third-order valence-corrected chi connectivity index (χ3v) is 11.8. The molecular formula is C52H48IrN2O-2. The Balaban J connectivity index is 0.000000179. The van der Waals surface area contributed by atoms with Crippen molar-refractivity contribution in [2.75, 3.05) is 0 Å². The minimum atomic E-state index is -2.65. The van der Waals surface area contributed by atoms with Crippen LogP contribution in [0.2, 0.25) is 0 Å². The number of aryl methyl sites for hydroxylation is 3. The molecule has 0 bridgehead atoms. The summed E-state index contributed by atoms with van der Waals surface area (Å²) < 4.78 is 85.3. The van der Waals surface area contributed by atoms with Crippen molar-refractivity contribution in [3.05, 3.63) is 156 Å². The van der Waals surface area contributed by atoms with E-state index >= 15 is 0 Å². The molecule has 0 unspecified atom stereocenters. The maximum absolute atomic E-state index is 9.40. The second-order valence-electron chi connectivity index (χ2n) is 15.1. The van der Waals surface area contributed by atoms with Gasteiger partial charge in [0.15, 0.2) is 0 Å². The van der Waals surface area contributed by atoms with E-state index < -0.39 is 26.4 Å². The van der Waals surface area contributed by atoms with E-state index in [4.69, 9.17) is 21.7 Å². The number of pyridine rings is 2. The SMILES string of the molecule is [2H]C([2H])([2H])c1c[c-]c(-c2cc(C([2H])([2H])[2H])c(C([2H])([2H])[2H])cn2)cc1-c1ccccc1.[2H]C1(c2ccnc(-c3[c-]ccc4c3oc3c5ccccc5ccc43)c2)CCC2(CCCCC2)CC1.[Ir]. The van der Waals surface area contributed by atoms with Gasteiger partial charge in [-0.2, -0.15) is 0 Å². The van der Waals surface area contributed by atoms with Gasteiger partial charge >= 0.3 is 0 Å². The summed E-state index contributed by atoms with van der Waals surface area (Å²) in [6, 6.07) is 40.2. The van der Waals surface area contributed by atoms with Crippen LogP contribution in [0.15, 0.2) is 126 Å². The molecule has 2 aliphatic carbocycles. The van der Waals surface area contributed by atoms with Gasteiger partial charge in [-0.1, -0.05) is 133 Å². The van der Waals surface area contributed by atoms with E-state index in [1.807, 2.05) is 18.3 Å². The van der Waals surface area contributed by atoms with Crippen molar-refractivity contribution < 1.29 is 38.2 Å². The predicted molar refractivity (Wildman–Crippen MR) is 228 cm³/mol. The number of rotatable bonds is 4. The van der Waals surface area contributed by atoms with E-state index in [0.29, 0.717) is 22.1 Å². The van der Waals surface area contributed by atoms with Gasteiger partial charge < -0.3 is 14.4 Å². The van der Waals surface area contributed by atoms with E-state index in [0.717, 1.165) is 63.2 Å². The van der Waals surface area contributed by atoms with Gasteiger partial charge in [0, 0.05) is 57.0 Å². The predicted octanol–water partition coefficient (Wildman–Crippen LogP) is 14.3. The van der Waals surface area contributed by atoms with Crippen LogP contribution < -0.4 is 0 Å². The van der Waals surface area contributed by atoms with E-state index in [-0.39, 0.29) is 42.5 Å². The summed E-state index contributed by atoms with van der Waals surface area (Å²) in [5.74, 6) is -0.529. The van der Waals surface area contributed by atoms with Crippen LogP contribution in [0, 0.1) is 38.1 Å². The van der Waals surface area contributed by atoms with E-state index in [1.54, 1.807) is 30.3 Å². The van der Waals surface area contributed by atoms with E-state index in [1.165, 1.54) is 62.5 Å². The molecule has 0 atom stereocenters. The molecule has 2 saturated carbocycles. The van der Waals surface area contributed by atoms with Crippen LogP contribution in [-0.2, 0) is 20.1 Å². The zero-order valence-electron chi connectivity index (χ0n) is 41.0. The Kier molecular flexibility index (Phi) is 8.05. The number of nitrogens with zero attached hydrogens (tertiary/aromatic N) is 2. The fourth-order valence-electron chi connectivity index (χ4n) is 8.72. The van der Waals surface area contributed by atoms with Crippen LogP contribution in [0.3, 0.4) is 0 Å². The van der Waals surface area contributed by atoms with Crippen molar-refractivity contribution in [1.29, 1.82) is 0 Å². The first kappa shape index (κ1) is 27.7. The Morgan fingerprint density at radius 2 is 1.48 bits per heavy atom. The van der Waals surface area contributed by atoms with Gasteiger partial charge in [0.2, 0.25) is 0 Å². The standard InChI is InChI=1S/C32H30NO.C20H18N.Ir/c1-4-16-32(17-5-1)18-13-22(14-19-32)24-15-20-33-29(21-24)28-10-6-9-26-27-12-11-23-7-2-3-8-25(23)30(27)34-31(26)28;1-14-9-10-18(20-11-15(2)16(3)13-21-20)12-19(14)17-7-5-4-6-8-17;/h2-3,6-9,11-12,15,20-22H,1,4-5,13-14,16-19H2;4-9,11-13H,1-3H3;/q2*-1;/i22D;1D3,2D3,3D3;. The summed E-state index contributed by atoms with van der Waals surface area (Å²) in [7, 11) is 0. The molecule has 0 amide bonds. The summed E-state index contributed by atoms with van der Waals surface area (Å²) in [5.41, 5.74) is 6.19. The second kappa shape index (κ2) is 16.3. The second-order valence-corrected chi connectivity index (χ2v) is 15.1. The van der Waals surface area contributed by atoms with Gasteiger partial charge in [-0.25, -0.2) is 0 Å². The van der Waals surface area contributed by atoms with E-state index in [2.05, 4.69) is 71.7 Å². The Labute approximate surface area is 359 Å². The molecule has 0 aliphatic heterocycles. The average molecular weight is 919 g/mol. The number of aromatic nitrogens is 2. The minimum absolute atomic E-state index is 0. The molecule has 8 aromatic rings. The molecule has 2 aliphatic rings. The molecule has 2 fully saturated rings. The van der Waals surface area contributed by atoms with Gasteiger partial charge in [-0.05, 0) is 97.5 Å². The largest absolute Gasteiger partial charge is 0.500 e. The van der Waals surface area contributed by atoms with Crippen molar-refractivity contribution in [3.63, 3.8) is 0 Å². The molecule has 3 heterocycles. The number of hydrogen-bond donors (Lipinski definition) is 0. The molecule has 10 rings (SSSR count). The van der Waals surface area contributed by atoms with Crippen molar-refractivity contribution in [2.24, 2.45) is 5.41 Å². The molecule has 0 N–H and O–H groups in total. The smallest absolute Gasteiger partial charge is 0.128 e. The molecule has 1 spiro atoms. The zero-order valence-corrected chi connectivity index (χ0v) is 33.4. The maximum atomic E-state index is 9.40. The van der Waals surface area contributed by atoms with Crippen LogP contribution >= 0.6 is 0 Å². The Bertz CT molecular complexity index is 3010. The maximum Gasteiger partial charge on any atom is 0.128 e. The third kappa shape index (κ3) is 7.50. The summed E-state index contributed by atoms with van der Waals surface area (Å²) in [4.78, 5) is 8.86. The minimum Gasteiger partial charge on any atom is -0.500 e. The zero-order chi connectivity index (χ0) is 45.8. The first-order valence-electron chi connectivity index (χ1n) is 24.3.